The Morgan fingerprint density at radius 3 is 2.43 bits per heavy atom. The number of carbonyl (C=O) groups is 1. The van der Waals surface area contributed by atoms with Crippen molar-refractivity contribution < 1.29 is 9.53 Å². The normalized spacial score (nSPS) is 19.9. The lowest BCUT2D eigenvalue weighted by Crippen LogP contribution is -2.33. The van der Waals surface area contributed by atoms with E-state index in [0.29, 0.717) is 0 Å². The second kappa shape index (κ2) is 7.25. The summed E-state index contributed by atoms with van der Waals surface area (Å²) in [4.78, 5) is 13.7. The maximum absolute atomic E-state index is 11.5. The molecule has 0 aliphatic carbocycles. The zero-order valence-corrected chi connectivity index (χ0v) is 13.3. The van der Waals surface area contributed by atoms with E-state index >= 15 is 0 Å². The number of hydrogen-bond acceptors (Lipinski definition) is 3. The predicted octanol–water partition coefficient (Wildman–Crippen LogP) is 3.87. The SMILES string of the molecule is CC(=O)OC1/C(=C/c2ccccc2)CCN1Cc1ccccc1. The van der Waals surface area contributed by atoms with Crippen molar-refractivity contribution >= 4 is 12.0 Å². The van der Waals surface area contributed by atoms with Gasteiger partial charge in [0.25, 0.3) is 0 Å². The van der Waals surface area contributed by atoms with Crippen LogP contribution in [-0.2, 0) is 16.1 Å². The standard InChI is InChI=1S/C20H21NO2/c1-16(22)23-20-19(14-17-8-4-2-5-9-17)12-13-21(20)15-18-10-6-3-7-11-18/h2-11,14,20H,12-13,15H2,1H3/b19-14+. The van der Waals surface area contributed by atoms with Crippen LogP contribution in [0.15, 0.2) is 66.2 Å². The largest absolute Gasteiger partial charge is 0.443 e. The Labute approximate surface area is 137 Å². The van der Waals surface area contributed by atoms with Gasteiger partial charge in [-0.05, 0) is 23.1 Å². The highest BCUT2D eigenvalue weighted by molar-refractivity contribution is 5.67. The van der Waals surface area contributed by atoms with Gasteiger partial charge < -0.3 is 4.74 Å². The van der Waals surface area contributed by atoms with Gasteiger partial charge in [0.15, 0.2) is 6.23 Å². The molecule has 2 aromatic rings. The third-order valence-corrected chi connectivity index (χ3v) is 3.99. The Morgan fingerprint density at radius 1 is 1.13 bits per heavy atom. The minimum atomic E-state index is -0.270. The molecule has 2 aromatic carbocycles. The maximum Gasteiger partial charge on any atom is 0.304 e. The first-order valence-corrected chi connectivity index (χ1v) is 7.93. The summed E-state index contributed by atoms with van der Waals surface area (Å²) >= 11 is 0. The quantitative estimate of drug-likeness (QED) is 0.803. The van der Waals surface area contributed by atoms with Gasteiger partial charge in [0, 0.05) is 20.0 Å². The van der Waals surface area contributed by atoms with Crippen molar-refractivity contribution in [3.8, 4) is 0 Å². The maximum atomic E-state index is 11.5. The van der Waals surface area contributed by atoms with Crippen LogP contribution in [0.5, 0.6) is 0 Å². The molecule has 0 radical (unpaired) electrons. The molecular weight excluding hydrogens is 286 g/mol. The van der Waals surface area contributed by atoms with Crippen LogP contribution in [0, 0.1) is 0 Å². The van der Waals surface area contributed by atoms with Crippen LogP contribution in [0.4, 0.5) is 0 Å². The van der Waals surface area contributed by atoms with Crippen LogP contribution < -0.4 is 0 Å². The van der Waals surface area contributed by atoms with E-state index in [1.165, 1.54) is 12.5 Å². The van der Waals surface area contributed by atoms with E-state index in [-0.39, 0.29) is 12.2 Å². The van der Waals surface area contributed by atoms with Gasteiger partial charge in [0.1, 0.15) is 0 Å². The summed E-state index contributed by atoms with van der Waals surface area (Å²) in [6.45, 7) is 3.15. The third-order valence-electron chi connectivity index (χ3n) is 3.99. The van der Waals surface area contributed by atoms with Crippen molar-refractivity contribution in [3.05, 3.63) is 77.4 Å². The fourth-order valence-electron chi connectivity index (χ4n) is 2.94. The molecule has 1 unspecified atom stereocenters. The summed E-state index contributed by atoms with van der Waals surface area (Å²) in [6, 6.07) is 20.5. The first kappa shape index (κ1) is 15.5. The highest BCUT2D eigenvalue weighted by Crippen LogP contribution is 2.28. The van der Waals surface area contributed by atoms with E-state index in [1.807, 2.05) is 36.4 Å². The number of ether oxygens (including phenoxy) is 1. The zero-order chi connectivity index (χ0) is 16.1. The number of rotatable bonds is 4. The molecule has 1 atom stereocenters. The molecule has 0 N–H and O–H groups in total. The highest BCUT2D eigenvalue weighted by atomic mass is 16.6. The summed E-state index contributed by atoms with van der Waals surface area (Å²) in [7, 11) is 0. The van der Waals surface area contributed by atoms with Crippen LogP contribution in [-0.4, -0.2) is 23.6 Å². The van der Waals surface area contributed by atoms with Gasteiger partial charge in [-0.3, -0.25) is 9.69 Å². The van der Waals surface area contributed by atoms with E-state index in [2.05, 4.69) is 35.2 Å². The molecular formula is C20H21NO2. The van der Waals surface area contributed by atoms with E-state index in [4.69, 9.17) is 4.74 Å². The van der Waals surface area contributed by atoms with Gasteiger partial charge >= 0.3 is 5.97 Å². The average Bonchev–Trinajstić information content (AvgIpc) is 2.91. The molecule has 1 heterocycles. The summed E-state index contributed by atoms with van der Waals surface area (Å²) < 4.78 is 5.60. The monoisotopic (exact) mass is 307 g/mol. The van der Waals surface area contributed by atoms with Crippen molar-refractivity contribution in [2.75, 3.05) is 6.54 Å². The molecule has 0 amide bonds. The van der Waals surface area contributed by atoms with Crippen LogP contribution in [0.3, 0.4) is 0 Å². The van der Waals surface area contributed by atoms with E-state index < -0.39 is 0 Å². The minimum Gasteiger partial charge on any atom is -0.443 e. The molecule has 1 aliphatic heterocycles. The topological polar surface area (TPSA) is 29.5 Å². The van der Waals surface area contributed by atoms with Crippen LogP contribution in [0.25, 0.3) is 6.08 Å². The number of benzene rings is 2. The van der Waals surface area contributed by atoms with Crippen LogP contribution in [0.2, 0.25) is 0 Å². The lowest BCUT2D eigenvalue weighted by atomic mass is 10.1. The van der Waals surface area contributed by atoms with E-state index in [1.54, 1.807) is 0 Å². The number of esters is 1. The molecule has 3 heteroatoms. The molecule has 1 aliphatic rings. The molecule has 0 bridgehead atoms. The second-order valence-electron chi connectivity index (χ2n) is 5.80. The molecule has 118 valence electrons. The fourth-order valence-corrected chi connectivity index (χ4v) is 2.94. The fraction of sp³-hybridized carbons (Fsp3) is 0.250. The molecule has 23 heavy (non-hydrogen) atoms. The highest BCUT2D eigenvalue weighted by Gasteiger charge is 2.31. The van der Waals surface area contributed by atoms with Gasteiger partial charge in [-0.15, -0.1) is 0 Å². The van der Waals surface area contributed by atoms with Gasteiger partial charge in [-0.2, -0.15) is 0 Å². The lowest BCUT2D eigenvalue weighted by molar-refractivity contribution is -0.151. The number of likely N-dealkylation sites (tertiary alicyclic amines) is 1. The molecule has 0 spiro atoms. The van der Waals surface area contributed by atoms with Crippen molar-refractivity contribution in [3.63, 3.8) is 0 Å². The van der Waals surface area contributed by atoms with Crippen molar-refractivity contribution in [1.82, 2.24) is 4.90 Å². The predicted molar refractivity (Wildman–Crippen MR) is 91.4 cm³/mol. The van der Waals surface area contributed by atoms with Gasteiger partial charge in [0.2, 0.25) is 0 Å². The summed E-state index contributed by atoms with van der Waals surface area (Å²) in [5, 5.41) is 0. The summed E-state index contributed by atoms with van der Waals surface area (Å²) in [6.07, 6.45) is 2.78. The third kappa shape index (κ3) is 4.08. The Kier molecular flexibility index (Phi) is 4.89. The molecule has 0 saturated carbocycles. The van der Waals surface area contributed by atoms with Crippen molar-refractivity contribution in [1.29, 1.82) is 0 Å². The molecule has 0 aromatic heterocycles. The Morgan fingerprint density at radius 2 is 1.78 bits per heavy atom. The van der Waals surface area contributed by atoms with E-state index in [0.717, 1.165) is 30.6 Å². The Hall–Kier alpha value is -2.39. The average molecular weight is 307 g/mol. The van der Waals surface area contributed by atoms with Gasteiger partial charge in [-0.25, -0.2) is 0 Å². The Balaban J connectivity index is 1.81. The van der Waals surface area contributed by atoms with Crippen molar-refractivity contribution in [2.24, 2.45) is 0 Å². The Bertz CT molecular complexity index is 679. The molecule has 3 nitrogen and oxygen atoms in total. The number of carbonyl (C=O) groups excluding carboxylic acids is 1. The van der Waals surface area contributed by atoms with Crippen molar-refractivity contribution in [2.45, 2.75) is 26.1 Å². The molecule has 1 fully saturated rings. The van der Waals surface area contributed by atoms with E-state index in [9.17, 15) is 4.79 Å². The summed E-state index contributed by atoms with van der Waals surface area (Å²) in [5.41, 5.74) is 3.52. The first-order valence-electron chi connectivity index (χ1n) is 7.93. The number of hydrogen-bond donors (Lipinski definition) is 0. The smallest absolute Gasteiger partial charge is 0.304 e. The van der Waals surface area contributed by atoms with Gasteiger partial charge in [-0.1, -0.05) is 66.7 Å². The molecule has 1 saturated heterocycles. The molecule has 3 rings (SSSR count). The van der Waals surface area contributed by atoms with Crippen LogP contribution in [0.1, 0.15) is 24.5 Å². The van der Waals surface area contributed by atoms with Crippen LogP contribution >= 0.6 is 0 Å². The second-order valence-corrected chi connectivity index (χ2v) is 5.80. The first-order chi connectivity index (χ1) is 11.2. The van der Waals surface area contributed by atoms with Gasteiger partial charge in [0.05, 0.1) is 0 Å². The summed E-state index contributed by atoms with van der Waals surface area (Å²) in [5.74, 6) is -0.242. The zero-order valence-electron chi connectivity index (χ0n) is 13.3. The minimum absolute atomic E-state index is 0.242. The number of nitrogens with zero attached hydrogens (tertiary/aromatic N) is 1. The lowest BCUT2D eigenvalue weighted by Gasteiger charge is -2.24.